The Balaban J connectivity index is 1.90. The summed E-state index contributed by atoms with van der Waals surface area (Å²) in [6, 6.07) is 1.87. The molecule has 0 saturated carbocycles. The maximum Gasteiger partial charge on any atom is 0.220 e. The van der Waals surface area contributed by atoms with Gasteiger partial charge in [-0.25, -0.2) is 0 Å². The van der Waals surface area contributed by atoms with E-state index in [9.17, 15) is 4.79 Å². The minimum Gasteiger partial charge on any atom is -0.350 e. The first-order valence-corrected chi connectivity index (χ1v) is 7.08. The topological polar surface area (TPSA) is 57.8 Å². The van der Waals surface area contributed by atoms with Crippen molar-refractivity contribution in [2.24, 2.45) is 0 Å². The van der Waals surface area contributed by atoms with Crippen molar-refractivity contribution in [2.45, 2.75) is 64.8 Å². The van der Waals surface area contributed by atoms with Gasteiger partial charge >= 0.3 is 0 Å². The van der Waals surface area contributed by atoms with Crippen LogP contribution in [0.1, 0.15) is 64.0 Å². The Bertz CT molecular complexity index is 309. The highest BCUT2D eigenvalue weighted by atomic mass is 16.1. The number of hydrogen-bond acceptors (Lipinski definition) is 2. The van der Waals surface area contributed by atoms with Crippen LogP contribution in [0, 0.1) is 0 Å². The Labute approximate surface area is 110 Å². The van der Waals surface area contributed by atoms with Crippen molar-refractivity contribution in [1.29, 1.82) is 0 Å². The molecule has 4 nitrogen and oxygen atoms in total. The minimum atomic E-state index is 0.137. The molecule has 1 rings (SSSR count). The number of aromatic nitrogens is 2. The second-order valence-electron chi connectivity index (χ2n) is 4.73. The van der Waals surface area contributed by atoms with Crippen LogP contribution >= 0.6 is 0 Å². The molecule has 1 aromatic heterocycles. The van der Waals surface area contributed by atoms with E-state index >= 15 is 0 Å². The van der Waals surface area contributed by atoms with Crippen LogP contribution < -0.4 is 5.32 Å². The van der Waals surface area contributed by atoms with Crippen LogP contribution in [0.15, 0.2) is 12.3 Å². The summed E-state index contributed by atoms with van der Waals surface area (Å²) in [7, 11) is 0. The molecule has 0 spiro atoms. The van der Waals surface area contributed by atoms with Gasteiger partial charge in [0, 0.05) is 12.6 Å². The third kappa shape index (κ3) is 7.09. The highest BCUT2D eigenvalue weighted by Gasteiger charge is 2.01. The lowest BCUT2D eigenvalue weighted by atomic mass is 10.1. The van der Waals surface area contributed by atoms with Gasteiger partial charge in [-0.3, -0.25) is 9.89 Å². The fraction of sp³-hybridized carbons (Fsp3) is 0.714. The number of amides is 1. The average Bonchev–Trinajstić information content (AvgIpc) is 2.88. The number of nitrogens with one attached hydrogen (secondary N) is 2. The molecule has 0 fully saturated rings. The lowest BCUT2D eigenvalue weighted by Gasteiger charge is -2.03. The molecular formula is C14H25N3O. The van der Waals surface area contributed by atoms with Crippen LogP contribution in [0.3, 0.4) is 0 Å². The van der Waals surface area contributed by atoms with Crippen LogP contribution in [0.5, 0.6) is 0 Å². The Kier molecular flexibility index (Phi) is 7.93. The first-order valence-electron chi connectivity index (χ1n) is 7.08. The van der Waals surface area contributed by atoms with Crippen LogP contribution in [0.4, 0.5) is 0 Å². The van der Waals surface area contributed by atoms with Gasteiger partial charge in [-0.1, -0.05) is 45.4 Å². The van der Waals surface area contributed by atoms with Gasteiger partial charge in [-0.2, -0.15) is 5.10 Å². The third-order valence-corrected chi connectivity index (χ3v) is 3.04. The summed E-state index contributed by atoms with van der Waals surface area (Å²) in [5.74, 6) is 0.137. The maximum absolute atomic E-state index is 11.5. The smallest absolute Gasteiger partial charge is 0.220 e. The molecule has 0 bridgehead atoms. The van der Waals surface area contributed by atoms with Gasteiger partial charge in [0.2, 0.25) is 5.91 Å². The van der Waals surface area contributed by atoms with Gasteiger partial charge < -0.3 is 5.32 Å². The van der Waals surface area contributed by atoms with E-state index in [1.54, 1.807) is 6.20 Å². The number of aromatic amines is 1. The largest absolute Gasteiger partial charge is 0.350 e. The number of hydrogen-bond donors (Lipinski definition) is 2. The molecule has 1 heterocycles. The predicted molar refractivity (Wildman–Crippen MR) is 73.0 cm³/mol. The molecule has 0 aliphatic rings. The lowest BCUT2D eigenvalue weighted by Crippen LogP contribution is -2.22. The second kappa shape index (κ2) is 9.68. The molecule has 0 saturated heterocycles. The zero-order valence-electron chi connectivity index (χ0n) is 11.4. The summed E-state index contributed by atoms with van der Waals surface area (Å²) >= 11 is 0. The molecule has 0 unspecified atom stereocenters. The van der Waals surface area contributed by atoms with Crippen molar-refractivity contribution in [3.8, 4) is 0 Å². The standard InChI is InChI=1S/C14H25N3O/c1-2-3-4-5-6-7-8-9-14(18)15-12-13-10-11-16-17-13/h10-11H,2-9,12H2,1H3,(H,15,18)(H,16,17). The highest BCUT2D eigenvalue weighted by molar-refractivity contribution is 5.75. The normalized spacial score (nSPS) is 10.5. The second-order valence-corrected chi connectivity index (χ2v) is 4.73. The first kappa shape index (κ1) is 14.7. The van der Waals surface area contributed by atoms with Gasteiger partial charge in [0.15, 0.2) is 0 Å². The van der Waals surface area contributed by atoms with E-state index in [-0.39, 0.29) is 5.91 Å². The van der Waals surface area contributed by atoms with Gasteiger partial charge in [0.1, 0.15) is 0 Å². The maximum atomic E-state index is 11.5. The van der Waals surface area contributed by atoms with Crippen molar-refractivity contribution in [1.82, 2.24) is 15.5 Å². The molecule has 4 heteroatoms. The molecular weight excluding hydrogens is 226 g/mol. The van der Waals surface area contributed by atoms with Crippen LogP contribution in [-0.2, 0) is 11.3 Å². The molecule has 102 valence electrons. The van der Waals surface area contributed by atoms with E-state index in [2.05, 4.69) is 22.4 Å². The van der Waals surface area contributed by atoms with Crippen molar-refractivity contribution < 1.29 is 4.79 Å². The molecule has 0 atom stereocenters. The van der Waals surface area contributed by atoms with E-state index in [0.29, 0.717) is 13.0 Å². The van der Waals surface area contributed by atoms with Gasteiger partial charge in [0.25, 0.3) is 0 Å². The molecule has 0 radical (unpaired) electrons. The monoisotopic (exact) mass is 251 g/mol. The quantitative estimate of drug-likeness (QED) is 0.627. The number of nitrogens with zero attached hydrogens (tertiary/aromatic N) is 1. The van der Waals surface area contributed by atoms with E-state index in [1.807, 2.05) is 6.07 Å². The van der Waals surface area contributed by atoms with E-state index in [1.165, 1.54) is 38.5 Å². The van der Waals surface area contributed by atoms with Gasteiger partial charge in [0.05, 0.1) is 12.2 Å². The molecule has 2 N–H and O–H groups in total. The summed E-state index contributed by atoms with van der Waals surface area (Å²) in [6.07, 6.45) is 11.0. The zero-order chi connectivity index (χ0) is 13.1. The zero-order valence-corrected chi connectivity index (χ0v) is 11.4. The number of unbranched alkanes of at least 4 members (excludes halogenated alkanes) is 6. The van der Waals surface area contributed by atoms with Crippen molar-refractivity contribution in [3.05, 3.63) is 18.0 Å². The Morgan fingerprint density at radius 1 is 1.22 bits per heavy atom. The predicted octanol–water partition coefficient (Wildman–Crippen LogP) is 3.17. The van der Waals surface area contributed by atoms with Gasteiger partial charge in [-0.05, 0) is 12.5 Å². The molecule has 0 aromatic carbocycles. The Morgan fingerprint density at radius 3 is 2.61 bits per heavy atom. The molecule has 18 heavy (non-hydrogen) atoms. The third-order valence-electron chi connectivity index (χ3n) is 3.04. The minimum absolute atomic E-state index is 0.137. The van der Waals surface area contributed by atoms with E-state index in [0.717, 1.165) is 12.1 Å². The summed E-state index contributed by atoms with van der Waals surface area (Å²) in [4.78, 5) is 11.5. The van der Waals surface area contributed by atoms with Crippen LogP contribution in [-0.4, -0.2) is 16.1 Å². The fourth-order valence-corrected chi connectivity index (χ4v) is 1.91. The Hall–Kier alpha value is -1.32. The summed E-state index contributed by atoms with van der Waals surface area (Å²) in [5.41, 5.74) is 0.947. The number of rotatable bonds is 10. The number of carbonyl (C=O) groups is 1. The van der Waals surface area contributed by atoms with Crippen molar-refractivity contribution >= 4 is 5.91 Å². The van der Waals surface area contributed by atoms with Gasteiger partial charge in [-0.15, -0.1) is 0 Å². The highest BCUT2D eigenvalue weighted by Crippen LogP contribution is 2.08. The summed E-state index contributed by atoms with van der Waals surface area (Å²) < 4.78 is 0. The fourth-order valence-electron chi connectivity index (χ4n) is 1.91. The lowest BCUT2D eigenvalue weighted by molar-refractivity contribution is -0.121. The average molecular weight is 251 g/mol. The van der Waals surface area contributed by atoms with Crippen LogP contribution in [0.25, 0.3) is 0 Å². The molecule has 1 amide bonds. The molecule has 1 aromatic rings. The van der Waals surface area contributed by atoms with Crippen molar-refractivity contribution in [3.63, 3.8) is 0 Å². The molecule has 0 aliphatic heterocycles. The SMILES string of the molecule is CCCCCCCCCC(=O)NCc1ccn[nH]1. The van der Waals surface area contributed by atoms with Crippen LogP contribution in [0.2, 0.25) is 0 Å². The van der Waals surface area contributed by atoms with Crippen molar-refractivity contribution in [2.75, 3.05) is 0 Å². The summed E-state index contributed by atoms with van der Waals surface area (Å²) in [6.45, 7) is 2.78. The van der Waals surface area contributed by atoms with E-state index in [4.69, 9.17) is 0 Å². The number of H-pyrrole nitrogens is 1. The first-order chi connectivity index (χ1) is 8.83. The number of carbonyl (C=O) groups excluding carboxylic acids is 1. The molecule has 0 aliphatic carbocycles. The Morgan fingerprint density at radius 2 is 1.94 bits per heavy atom. The van der Waals surface area contributed by atoms with E-state index < -0.39 is 0 Å². The summed E-state index contributed by atoms with van der Waals surface area (Å²) in [5, 5.41) is 9.54.